The quantitative estimate of drug-likeness (QED) is 0.873. The molecule has 1 amide bonds. The van der Waals surface area contributed by atoms with E-state index < -0.39 is 17.7 Å². The number of aliphatic carboxylic acids is 1. The Morgan fingerprint density at radius 1 is 1.41 bits per heavy atom. The van der Waals surface area contributed by atoms with E-state index in [2.05, 4.69) is 21.2 Å². The number of halogens is 2. The molecule has 1 aromatic rings. The number of benzene rings is 1. The molecule has 17 heavy (non-hydrogen) atoms. The summed E-state index contributed by atoms with van der Waals surface area (Å²) in [6.45, 7) is 0. The van der Waals surface area contributed by atoms with Crippen LogP contribution in [0, 0.1) is 5.82 Å². The molecule has 0 heterocycles. The highest BCUT2D eigenvalue weighted by Crippen LogP contribution is 2.20. The number of hydrogen-bond acceptors (Lipinski definition) is 3. The van der Waals surface area contributed by atoms with Gasteiger partial charge in [0.1, 0.15) is 5.82 Å². The maximum Gasteiger partial charge on any atom is 0.313 e. The number of nitrogens with one attached hydrogen (secondary N) is 1. The maximum absolute atomic E-state index is 13.2. The van der Waals surface area contributed by atoms with Gasteiger partial charge in [-0.1, -0.05) is 15.9 Å². The summed E-state index contributed by atoms with van der Waals surface area (Å²) in [6.07, 6.45) is 0. The van der Waals surface area contributed by atoms with E-state index in [1.54, 1.807) is 0 Å². The van der Waals surface area contributed by atoms with Gasteiger partial charge in [-0.15, -0.1) is 11.8 Å². The van der Waals surface area contributed by atoms with E-state index in [4.69, 9.17) is 5.11 Å². The van der Waals surface area contributed by atoms with Gasteiger partial charge < -0.3 is 10.4 Å². The minimum atomic E-state index is -0.989. The summed E-state index contributed by atoms with van der Waals surface area (Å²) in [5.74, 6) is -2.15. The van der Waals surface area contributed by atoms with Crippen LogP contribution in [-0.4, -0.2) is 28.5 Å². The molecule has 7 heteroatoms. The number of carboxylic acid groups (broad SMARTS) is 1. The second-order valence-electron chi connectivity index (χ2n) is 3.06. The van der Waals surface area contributed by atoms with Crippen molar-refractivity contribution in [3.63, 3.8) is 0 Å². The van der Waals surface area contributed by atoms with Gasteiger partial charge in [0.05, 0.1) is 17.2 Å². The molecule has 0 aliphatic heterocycles. The van der Waals surface area contributed by atoms with Crippen LogP contribution in [0.1, 0.15) is 0 Å². The largest absolute Gasteiger partial charge is 0.481 e. The molecule has 4 nitrogen and oxygen atoms in total. The number of anilines is 1. The Balaban J connectivity index is 2.50. The van der Waals surface area contributed by atoms with Crippen LogP contribution in [0.15, 0.2) is 22.7 Å². The van der Waals surface area contributed by atoms with E-state index in [-0.39, 0.29) is 17.2 Å². The molecule has 0 fully saturated rings. The molecule has 0 unspecified atom stereocenters. The van der Waals surface area contributed by atoms with Crippen molar-refractivity contribution in [2.75, 3.05) is 16.8 Å². The highest BCUT2D eigenvalue weighted by atomic mass is 79.9. The Kier molecular flexibility index (Phi) is 5.43. The van der Waals surface area contributed by atoms with Crippen molar-refractivity contribution in [2.24, 2.45) is 0 Å². The van der Waals surface area contributed by atoms with Crippen LogP contribution in [-0.2, 0) is 9.59 Å². The lowest BCUT2D eigenvalue weighted by atomic mass is 10.3. The van der Waals surface area contributed by atoms with Crippen molar-refractivity contribution < 1.29 is 19.1 Å². The highest BCUT2D eigenvalue weighted by molar-refractivity contribution is 9.10. The van der Waals surface area contributed by atoms with E-state index >= 15 is 0 Å². The number of thioether (sulfide) groups is 1. The van der Waals surface area contributed by atoms with Crippen LogP contribution in [0.5, 0.6) is 0 Å². The molecule has 0 aromatic heterocycles. The van der Waals surface area contributed by atoms with Gasteiger partial charge in [0.2, 0.25) is 5.91 Å². The predicted octanol–water partition coefficient (Wildman–Crippen LogP) is 2.34. The average molecular weight is 322 g/mol. The third-order valence-corrected chi connectivity index (χ3v) is 3.07. The number of rotatable bonds is 5. The third kappa shape index (κ3) is 5.18. The van der Waals surface area contributed by atoms with Gasteiger partial charge in [0.15, 0.2) is 0 Å². The van der Waals surface area contributed by atoms with E-state index in [1.165, 1.54) is 18.2 Å². The Morgan fingerprint density at radius 3 is 2.76 bits per heavy atom. The first-order valence-corrected chi connectivity index (χ1v) is 6.48. The molecule has 1 rings (SSSR count). The first kappa shape index (κ1) is 14.0. The van der Waals surface area contributed by atoms with Crippen molar-refractivity contribution in [1.29, 1.82) is 0 Å². The van der Waals surface area contributed by atoms with Crippen LogP contribution >= 0.6 is 27.7 Å². The monoisotopic (exact) mass is 321 g/mol. The van der Waals surface area contributed by atoms with E-state index in [0.29, 0.717) is 4.47 Å². The second kappa shape index (κ2) is 6.61. The summed E-state index contributed by atoms with van der Waals surface area (Å²) >= 11 is 4.11. The van der Waals surface area contributed by atoms with Gasteiger partial charge in [-0.3, -0.25) is 9.59 Å². The summed E-state index contributed by atoms with van der Waals surface area (Å²) in [7, 11) is 0. The molecule has 92 valence electrons. The van der Waals surface area contributed by atoms with Crippen molar-refractivity contribution in [1.82, 2.24) is 0 Å². The zero-order chi connectivity index (χ0) is 12.8. The molecule has 2 N–H and O–H groups in total. The predicted molar refractivity (Wildman–Crippen MR) is 67.7 cm³/mol. The van der Waals surface area contributed by atoms with Crippen LogP contribution in [0.2, 0.25) is 0 Å². The second-order valence-corrected chi connectivity index (χ2v) is 4.96. The summed E-state index contributed by atoms with van der Waals surface area (Å²) in [6, 6.07) is 4.18. The molecule has 0 saturated carbocycles. The smallest absolute Gasteiger partial charge is 0.313 e. The van der Waals surface area contributed by atoms with Gasteiger partial charge in [0.25, 0.3) is 0 Å². The minimum absolute atomic E-state index is 0.0295. The summed E-state index contributed by atoms with van der Waals surface area (Å²) in [5, 5.41) is 10.7. The molecule has 0 bridgehead atoms. The molecule has 0 aliphatic carbocycles. The number of hydrogen-bond donors (Lipinski definition) is 2. The SMILES string of the molecule is O=C(O)CSCC(=O)Nc1cc(Br)ccc1F. The van der Waals surface area contributed by atoms with E-state index in [0.717, 1.165) is 11.8 Å². The average Bonchev–Trinajstić information content (AvgIpc) is 2.23. The topological polar surface area (TPSA) is 66.4 Å². The standard InChI is InChI=1S/C10H9BrFNO3S/c11-6-1-2-7(12)8(3-6)13-9(14)4-17-5-10(15)16/h1-3H,4-5H2,(H,13,14)(H,15,16). The summed E-state index contributed by atoms with van der Waals surface area (Å²) in [5.41, 5.74) is 0.0697. The number of carboxylic acids is 1. The van der Waals surface area contributed by atoms with Crippen LogP contribution in [0.25, 0.3) is 0 Å². The van der Waals surface area contributed by atoms with E-state index in [9.17, 15) is 14.0 Å². The van der Waals surface area contributed by atoms with Crippen LogP contribution in [0.4, 0.5) is 10.1 Å². The minimum Gasteiger partial charge on any atom is -0.481 e. The van der Waals surface area contributed by atoms with Crippen LogP contribution in [0.3, 0.4) is 0 Å². The van der Waals surface area contributed by atoms with Gasteiger partial charge in [-0.25, -0.2) is 4.39 Å². The zero-order valence-corrected chi connectivity index (χ0v) is 11.0. The lowest BCUT2D eigenvalue weighted by Gasteiger charge is -2.06. The summed E-state index contributed by atoms with van der Waals surface area (Å²) in [4.78, 5) is 21.6. The normalized spacial score (nSPS) is 10.0. The highest BCUT2D eigenvalue weighted by Gasteiger charge is 2.08. The molecule has 0 atom stereocenters. The number of carbonyl (C=O) groups is 2. The Labute approximate surface area is 110 Å². The number of amides is 1. The van der Waals surface area contributed by atoms with Crippen LogP contribution < -0.4 is 5.32 Å². The first-order valence-electron chi connectivity index (χ1n) is 4.53. The molecular weight excluding hydrogens is 313 g/mol. The van der Waals surface area contributed by atoms with Gasteiger partial charge >= 0.3 is 5.97 Å². The molecule has 0 aliphatic rings. The summed E-state index contributed by atoms with van der Waals surface area (Å²) < 4.78 is 13.9. The van der Waals surface area contributed by atoms with Crippen molar-refractivity contribution in [3.8, 4) is 0 Å². The number of carbonyl (C=O) groups excluding carboxylic acids is 1. The Morgan fingerprint density at radius 2 is 2.12 bits per heavy atom. The third-order valence-electron chi connectivity index (χ3n) is 1.66. The zero-order valence-electron chi connectivity index (χ0n) is 8.57. The maximum atomic E-state index is 13.2. The molecule has 0 spiro atoms. The van der Waals surface area contributed by atoms with Crippen molar-refractivity contribution in [3.05, 3.63) is 28.5 Å². The van der Waals surface area contributed by atoms with Gasteiger partial charge in [-0.05, 0) is 18.2 Å². The lowest BCUT2D eigenvalue weighted by molar-refractivity contribution is -0.133. The van der Waals surface area contributed by atoms with Gasteiger partial charge in [-0.2, -0.15) is 0 Å². The molecular formula is C10H9BrFNO3S. The van der Waals surface area contributed by atoms with Crippen molar-refractivity contribution in [2.45, 2.75) is 0 Å². The van der Waals surface area contributed by atoms with E-state index in [1.807, 2.05) is 0 Å². The lowest BCUT2D eigenvalue weighted by Crippen LogP contribution is -2.16. The molecule has 0 saturated heterocycles. The molecule has 1 aromatic carbocycles. The fourth-order valence-corrected chi connectivity index (χ4v) is 1.91. The Bertz CT molecular complexity index is 442. The first-order chi connectivity index (χ1) is 7.99. The van der Waals surface area contributed by atoms with Gasteiger partial charge in [0, 0.05) is 4.47 Å². The Hall–Kier alpha value is -1.08. The molecule has 0 radical (unpaired) electrons. The fraction of sp³-hybridized carbons (Fsp3) is 0.200. The fourth-order valence-electron chi connectivity index (χ4n) is 1.01. The van der Waals surface area contributed by atoms with Crippen molar-refractivity contribution >= 4 is 45.3 Å².